The largest absolute Gasteiger partial charge is 0.362 e. The van der Waals surface area contributed by atoms with Gasteiger partial charge in [0.15, 0.2) is 0 Å². The Bertz CT molecular complexity index is 1520. The molecular weight excluding hydrogens is 568 g/mol. The van der Waals surface area contributed by atoms with E-state index in [1.54, 1.807) is 6.07 Å². The minimum Gasteiger partial charge on any atom is -0.362 e. The summed E-state index contributed by atoms with van der Waals surface area (Å²) >= 11 is 3.42. The van der Waals surface area contributed by atoms with E-state index in [-0.39, 0.29) is 30.3 Å². The molecule has 3 N–H and O–H groups in total. The summed E-state index contributed by atoms with van der Waals surface area (Å²) in [4.78, 5) is 37.4. The molecule has 0 radical (unpaired) electrons. The Labute approximate surface area is 242 Å². The molecule has 0 unspecified atom stereocenters. The lowest BCUT2D eigenvalue weighted by atomic mass is 9.91. The van der Waals surface area contributed by atoms with E-state index in [0.717, 1.165) is 46.9 Å². The molecule has 40 heavy (non-hydrogen) atoms. The third-order valence-electron chi connectivity index (χ3n) is 7.13. The highest BCUT2D eigenvalue weighted by Gasteiger charge is 2.24. The van der Waals surface area contributed by atoms with Crippen molar-refractivity contribution in [3.8, 4) is 0 Å². The van der Waals surface area contributed by atoms with Crippen LogP contribution in [0.1, 0.15) is 41.6 Å². The number of nitrogens with zero attached hydrogens (tertiary/aromatic N) is 3. The van der Waals surface area contributed by atoms with Gasteiger partial charge in [-0.1, -0.05) is 52.3 Å². The third-order valence-corrected chi connectivity index (χ3v) is 7.62. The highest BCUT2D eigenvalue weighted by atomic mass is 79.9. The van der Waals surface area contributed by atoms with Gasteiger partial charge >= 0.3 is 0 Å². The van der Waals surface area contributed by atoms with Gasteiger partial charge in [-0.15, -0.1) is 0 Å². The fourth-order valence-corrected chi connectivity index (χ4v) is 5.54. The summed E-state index contributed by atoms with van der Waals surface area (Å²) in [5, 5.41) is 10.6. The van der Waals surface area contributed by atoms with Crippen molar-refractivity contribution in [1.82, 2.24) is 15.3 Å². The van der Waals surface area contributed by atoms with E-state index in [1.807, 2.05) is 85.7 Å². The summed E-state index contributed by atoms with van der Waals surface area (Å²) in [5.74, 6) is 1.21. The van der Waals surface area contributed by atoms with E-state index < -0.39 is 0 Å². The van der Waals surface area contributed by atoms with Crippen LogP contribution in [0.2, 0.25) is 0 Å². The van der Waals surface area contributed by atoms with Crippen LogP contribution in [0.5, 0.6) is 0 Å². The summed E-state index contributed by atoms with van der Waals surface area (Å²) < 4.78 is 0.881. The second kappa shape index (κ2) is 12.5. The van der Waals surface area contributed by atoms with Gasteiger partial charge in [0.1, 0.15) is 5.82 Å². The zero-order valence-electron chi connectivity index (χ0n) is 22.7. The minimum atomic E-state index is -0.235. The van der Waals surface area contributed by atoms with Crippen LogP contribution in [0.15, 0.2) is 77.3 Å². The lowest BCUT2D eigenvalue weighted by Gasteiger charge is -2.30. The minimum absolute atomic E-state index is 0.0763. The van der Waals surface area contributed by atoms with Gasteiger partial charge in [0, 0.05) is 47.3 Å². The van der Waals surface area contributed by atoms with Crippen LogP contribution in [-0.2, 0) is 11.2 Å². The Balaban J connectivity index is 1.15. The number of benzene rings is 3. The van der Waals surface area contributed by atoms with Crippen LogP contribution in [0.3, 0.4) is 0 Å². The molecule has 2 amide bonds. The van der Waals surface area contributed by atoms with E-state index in [0.29, 0.717) is 22.8 Å². The van der Waals surface area contributed by atoms with Crippen LogP contribution in [-0.4, -0.2) is 48.0 Å². The van der Waals surface area contributed by atoms with Crippen molar-refractivity contribution in [2.75, 3.05) is 29.6 Å². The van der Waals surface area contributed by atoms with Crippen LogP contribution in [0.4, 0.5) is 17.5 Å². The standard InChI is InChI=1S/C31H33BrN6O2/c1-38(2)29-26-12-5-6-13-27(26)36-31(37-29)35-23-16-14-22(15-17-23)33-28(39)18-20-8-3-4-11-25(20)30(40)34-24-10-7-9-21(32)19-24/h3-13,19,22-23H,14-18H2,1-2H3,(H,33,39)(H,34,40)(H,35,36,37)/t22-,23+. The summed E-state index contributed by atoms with van der Waals surface area (Å²) in [6.07, 6.45) is 3.69. The molecule has 0 spiro atoms. The highest BCUT2D eigenvalue weighted by molar-refractivity contribution is 9.10. The van der Waals surface area contributed by atoms with Crippen LogP contribution >= 0.6 is 15.9 Å². The number of nitrogens with one attached hydrogen (secondary N) is 3. The normalized spacial score (nSPS) is 16.8. The van der Waals surface area contributed by atoms with Gasteiger partial charge in [0.25, 0.3) is 5.91 Å². The van der Waals surface area contributed by atoms with E-state index >= 15 is 0 Å². The lowest BCUT2D eigenvalue weighted by Crippen LogP contribution is -2.41. The van der Waals surface area contributed by atoms with Gasteiger partial charge in [-0.05, 0) is 67.6 Å². The molecule has 206 valence electrons. The predicted molar refractivity (Wildman–Crippen MR) is 164 cm³/mol. The Morgan fingerprint density at radius 2 is 1.62 bits per heavy atom. The molecule has 1 heterocycles. The van der Waals surface area contributed by atoms with E-state index in [2.05, 4.69) is 31.9 Å². The van der Waals surface area contributed by atoms with Gasteiger partial charge in [-0.2, -0.15) is 4.98 Å². The number of hydrogen-bond acceptors (Lipinski definition) is 6. The SMILES string of the molecule is CN(C)c1nc(N[C@H]2CC[C@@H](NC(=O)Cc3ccccc3C(=O)Nc3cccc(Br)c3)CC2)nc2ccccc12. The molecule has 1 aromatic heterocycles. The molecule has 1 fully saturated rings. The molecule has 0 bridgehead atoms. The molecule has 1 saturated carbocycles. The molecular formula is C31H33BrN6O2. The quantitative estimate of drug-likeness (QED) is 0.237. The fourth-order valence-electron chi connectivity index (χ4n) is 5.14. The lowest BCUT2D eigenvalue weighted by molar-refractivity contribution is -0.121. The van der Waals surface area contributed by atoms with Crippen LogP contribution in [0, 0.1) is 0 Å². The van der Waals surface area contributed by atoms with E-state index in [4.69, 9.17) is 9.97 Å². The van der Waals surface area contributed by atoms with Crippen molar-refractivity contribution < 1.29 is 9.59 Å². The molecule has 3 aromatic carbocycles. The molecule has 8 nitrogen and oxygen atoms in total. The molecule has 5 rings (SSSR count). The number of aromatic nitrogens is 2. The average Bonchev–Trinajstić information content (AvgIpc) is 2.94. The number of fused-ring (bicyclic) bond motifs is 1. The highest BCUT2D eigenvalue weighted by Crippen LogP contribution is 2.26. The van der Waals surface area contributed by atoms with Crippen molar-refractivity contribution >= 4 is 56.1 Å². The zero-order chi connectivity index (χ0) is 28.1. The van der Waals surface area contributed by atoms with Gasteiger partial charge in [-0.25, -0.2) is 4.98 Å². The van der Waals surface area contributed by atoms with Crippen molar-refractivity contribution in [3.05, 3.63) is 88.4 Å². The first-order chi connectivity index (χ1) is 19.4. The first-order valence-electron chi connectivity index (χ1n) is 13.5. The molecule has 0 aliphatic heterocycles. The topological polar surface area (TPSA) is 99.3 Å². The summed E-state index contributed by atoms with van der Waals surface area (Å²) in [6.45, 7) is 0. The van der Waals surface area contributed by atoms with Gasteiger partial charge in [-0.3, -0.25) is 9.59 Å². The van der Waals surface area contributed by atoms with Crippen molar-refractivity contribution in [1.29, 1.82) is 0 Å². The Morgan fingerprint density at radius 1 is 0.900 bits per heavy atom. The summed E-state index contributed by atoms with van der Waals surface area (Å²) in [7, 11) is 3.97. The smallest absolute Gasteiger partial charge is 0.255 e. The number of hydrogen-bond donors (Lipinski definition) is 3. The Kier molecular flexibility index (Phi) is 8.60. The summed E-state index contributed by atoms with van der Waals surface area (Å²) in [5.41, 5.74) is 2.80. The second-order valence-electron chi connectivity index (χ2n) is 10.3. The predicted octanol–water partition coefficient (Wildman–Crippen LogP) is 5.79. The van der Waals surface area contributed by atoms with Crippen LogP contribution in [0.25, 0.3) is 10.9 Å². The second-order valence-corrected chi connectivity index (χ2v) is 11.3. The number of amides is 2. The fraction of sp³-hybridized carbons (Fsp3) is 0.290. The molecule has 4 aromatic rings. The maximum atomic E-state index is 13.0. The molecule has 0 saturated heterocycles. The van der Waals surface area contributed by atoms with E-state index in [1.165, 1.54) is 0 Å². The number of halogens is 1. The number of carbonyl (C=O) groups is 2. The summed E-state index contributed by atoms with van der Waals surface area (Å²) in [6, 6.07) is 23.0. The maximum absolute atomic E-state index is 13.0. The van der Waals surface area contributed by atoms with Gasteiger partial charge < -0.3 is 20.9 Å². The van der Waals surface area contributed by atoms with Crippen LogP contribution < -0.4 is 20.9 Å². The maximum Gasteiger partial charge on any atom is 0.255 e. The van der Waals surface area contributed by atoms with Gasteiger partial charge in [0.2, 0.25) is 11.9 Å². The third kappa shape index (κ3) is 6.77. The zero-order valence-corrected chi connectivity index (χ0v) is 24.2. The Hall–Kier alpha value is -3.98. The molecule has 1 aliphatic rings. The number of rotatable bonds is 8. The number of anilines is 3. The van der Waals surface area contributed by atoms with E-state index in [9.17, 15) is 9.59 Å². The van der Waals surface area contributed by atoms with Gasteiger partial charge in [0.05, 0.1) is 11.9 Å². The monoisotopic (exact) mass is 600 g/mol. The molecule has 9 heteroatoms. The molecule has 1 aliphatic carbocycles. The average molecular weight is 602 g/mol. The number of carbonyl (C=O) groups excluding carboxylic acids is 2. The molecule has 0 atom stereocenters. The first-order valence-corrected chi connectivity index (χ1v) is 14.3. The first kappa shape index (κ1) is 27.6. The van der Waals surface area contributed by atoms with Crippen molar-refractivity contribution in [3.63, 3.8) is 0 Å². The van der Waals surface area contributed by atoms with Crippen molar-refractivity contribution in [2.45, 2.75) is 44.2 Å². The Morgan fingerprint density at radius 3 is 2.40 bits per heavy atom. The van der Waals surface area contributed by atoms with Crippen molar-refractivity contribution in [2.24, 2.45) is 0 Å². The number of para-hydroxylation sites is 1.